The summed E-state index contributed by atoms with van der Waals surface area (Å²) in [7, 11) is -0.284. The molecule has 0 bridgehead atoms. The quantitative estimate of drug-likeness (QED) is 0.374. The van der Waals surface area contributed by atoms with Gasteiger partial charge < -0.3 is 10.6 Å². The molecule has 0 aliphatic heterocycles. The number of nitrogens with one attached hydrogen (secondary N) is 3. The second-order valence-corrected chi connectivity index (χ2v) is 8.68. The smallest absolute Gasteiger partial charge is 0.240 e. The number of guanidine groups is 1. The van der Waals surface area contributed by atoms with E-state index in [4.69, 9.17) is 0 Å². The number of hydrogen-bond acceptors (Lipinski definition) is 4. The minimum atomic E-state index is -3.41. The number of sulfonamides is 1. The predicted molar refractivity (Wildman–Crippen MR) is 113 cm³/mol. The molecular formula is C19H26N4O2S2. The average molecular weight is 407 g/mol. The van der Waals surface area contributed by atoms with E-state index >= 15 is 0 Å². The van der Waals surface area contributed by atoms with Crippen molar-refractivity contribution in [2.75, 3.05) is 20.4 Å². The molecule has 0 saturated heterocycles. The molecule has 0 aromatic heterocycles. The van der Waals surface area contributed by atoms with Gasteiger partial charge in [-0.2, -0.15) is 0 Å². The Kier molecular flexibility index (Phi) is 7.70. The van der Waals surface area contributed by atoms with Crippen LogP contribution in [0.15, 0.2) is 57.2 Å². The van der Waals surface area contributed by atoms with Crippen LogP contribution in [0, 0.1) is 6.92 Å². The Morgan fingerprint density at radius 1 is 1.07 bits per heavy atom. The lowest BCUT2D eigenvalue weighted by Gasteiger charge is -2.14. The van der Waals surface area contributed by atoms with E-state index in [1.165, 1.54) is 23.1 Å². The minimum absolute atomic E-state index is 0.250. The molecule has 2 rings (SSSR count). The Morgan fingerprint density at radius 2 is 1.74 bits per heavy atom. The Balaban J connectivity index is 1.94. The van der Waals surface area contributed by atoms with Gasteiger partial charge in [-0.25, -0.2) is 13.1 Å². The van der Waals surface area contributed by atoms with Crippen LogP contribution in [0.3, 0.4) is 0 Å². The van der Waals surface area contributed by atoms with Crippen molar-refractivity contribution in [3.05, 3.63) is 59.2 Å². The van der Waals surface area contributed by atoms with Crippen LogP contribution in [0.4, 0.5) is 0 Å². The second-order valence-electron chi connectivity index (χ2n) is 5.95. The molecule has 0 fully saturated rings. The molecule has 8 heteroatoms. The first-order valence-corrected chi connectivity index (χ1v) is 11.2. The topological polar surface area (TPSA) is 82.6 Å². The van der Waals surface area contributed by atoms with Crippen LogP contribution in [0.5, 0.6) is 0 Å². The van der Waals surface area contributed by atoms with Crippen LogP contribution < -0.4 is 15.4 Å². The maximum Gasteiger partial charge on any atom is 0.240 e. The van der Waals surface area contributed by atoms with Crippen molar-refractivity contribution in [1.29, 1.82) is 0 Å². The van der Waals surface area contributed by atoms with E-state index in [2.05, 4.69) is 51.7 Å². The summed E-state index contributed by atoms with van der Waals surface area (Å²) in [5.74, 6) is 0.689. The molecule has 0 amide bonds. The van der Waals surface area contributed by atoms with E-state index in [0.717, 1.165) is 5.56 Å². The zero-order valence-corrected chi connectivity index (χ0v) is 17.7. The van der Waals surface area contributed by atoms with Gasteiger partial charge in [-0.15, -0.1) is 11.8 Å². The van der Waals surface area contributed by atoms with Gasteiger partial charge in [0.25, 0.3) is 0 Å². The van der Waals surface area contributed by atoms with Crippen molar-refractivity contribution in [2.45, 2.75) is 29.8 Å². The summed E-state index contributed by atoms with van der Waals surface area (Å²) >= 11 is 1.73. The molecule has 0 spiro atoms. The Bertz CT molecular complexity index is 894. The molecule has 2 aromatic rings. The SMILES string of the molecule is CN=C(NCc1ccc(S(=O)(=O)NC)cc1)NCc1ccc(C)cc1SC. The van der Waals surface area contributed by atoms with Gasteiger partial charge in [0.2, 0.25) is 10.0 Å². The number of rotatable bonds is 7. The van der Waals surface area contributed by atoms with Gasteiger partial charge in [-0.3, -0.25) is 4.99 Å². The summed E-state index contributed by atoms with van der Waals surface area (Å²) in [5, 5.41) is 6.56. The molecule has 0 heterocycles. The van der Waals surface area contributed by atoms with Gasteiger partial charge in [0, 0.05) is 25.0 Å². The highest BCUT2D eigenvalue weighted by Crippen LogP contribution is 2.21. The third-order valence-corrected chi connectivity index (χ3v) is 6.32. The summed E-state index contributed by atoms with van der Waals surface area (Å²) in [6, 6.07) is 13.2. The highest BCUT2D eigenvalue weighted by Gasteiger charge is 2.10. The van der Waals surface area contributed by atoms with Crippen molar-refractivity contribution in [2.24, 2.45) is 4.99 Å². The fraction of sp³-hybridized carbons (Fsp3) is 0.316. The summed E-state index contributed by atoms with van der Waals surface area (Å²) in [6.45, 7) is 3.31. The molecule has 6 nitrogen and oxygen atoms in total. The molecular weight excluding hydrogens is 380 g/mol. The van der Waals surface area contributed by atoms with Gasteiger partial charge in [-0.1, -0.05) is 24.3 Å². The van der Waals surface area contributed by atoms with Crippen molar-refractivity contribution in [3.8, 4) is 0 Å². The molecule has 0 aliphatic carbocycles. The third-order valence-electron chi connectivity index (χ3n) is 4.07. The first-order chi connectivity index (χ1) is 12.9. The van der Waals surface area contributed by atoms with Gasteiger partial charge >= 0.3 is 0 Å². The summed E-state index contributed by atoms with van der Waals surface area (Å²) < 4.78 is 25.8. The van der Waals surface area contributed by atoms with Crippen molar-refractivity contribution in [3.63, 3.8) is 0 Å². The van der Waals surface area contributed by atoms with E-state index < -0.39 is 10.0 Å². The lowest BCUT2D eigenvalue weighted by Crippen LogP contribution is -2.36. The lowest BCUT2D eigenvalue weighted by atomic mass is 10.1. The highest BCUT2D eigenvalue weighted by atomic mass is 32.2. The lowest BCUT2D eigenvalue weighted by molar-refractivity contribution is 0.588. The number of nitrogens with zero attached hydrogens (tertiary/aromatic N) is 1. The summed E-state index contributed by atoms with van der Waals surface area (Å²) in [6.07, 6.45) is 2.07. The molecule has 0 saturated carbocycles. The van der Waals surface area contributed by atoms with Gasteiger partial charge in [0.15, 0.2) is 5.96 Å². The number of thioether (sulfide) groups is 1. The predicted octanol–water partition coefficient (Wildman–Crippen LogP) is 2.49. The van der Waals surface area contributed by atoms with Crippen molar-refractivity contribution >= 4 is 27.7 Å². The van der Waals surface area contributed by atoms with Crippen LogP contribution >= 0.6 is 11.8 Å². The molecule has 27 heavy (non-hydrogen) atoms. The molecule has 0 aliphatic rings. The number of aliphatic imine (C=N–C) groups is 1. The van der Waals surface area contributed by atoms with E-state index in [1.54, 1.807) is 43.1 Å². The molecule has 0 atom stereocenters. The fourth-order valence-corrected chi connectivity index (χ4v) is 3.92. The number of aryl methyl sites for hydroxylation is 1. The first-order valence-electron chi connectivity index (χ1n) is 8.50. The normalized spacial score (nSPS) is 12.1. The third kappa shape index (κ3) is 5.98. The molecule has 3 N–H and O–H groups in total. The summed E-state index contributed by atoms with van der Waals surface area (Å²) in [5.41, 5.74) is 3.43. The molecule has 0 radical (unpaired) electrons. The Labute approximate surface area is 165 Å². The Morgan fingerprint density at radius 3 is 2.33 bits per heavy atom. The highest BCUT2D eigenvalue weighted by molar-refractivity contribution is 7.98. The minimum Gasteiger partial charge on any atom is -0.352 e. The van der Waals surface area contributed by atoms with Crippen LogP contribution in [0.2, 0.25) is 0 Å². The first kappa shape index (κ1) is 21.3. The number of hydrogen-bond donors (Lipinski definition) is 3. The monoisotopic (exact) mass is 406 g/mol. The van der Waals surface area contributed by atoms with Crippen LogP contribution in [0.25, 0.3) is 0 Å². The van der Waals surface area contributed by atoms with Gasteiger partial charge in [0.1, 0.15) is 0 Å². The average Bonchev–Trinajstić information content (AvgIpc) is 2.69. The molecule has 2 aromatic carbocycles. The van der Waals surface area contributed by atoms with Crippen molar-refractivity contribution < 1.29 is 8.42 Å². The summed E-state index contributed by atoms with van der Waals surface area (Å²) in [4.78, 5) is 5.74. The van der Waals surface area contributed by atoms with E-state index in [1.807, 2.05) is 0 Å². The maximum atomic E-state index is 11.8. The van der Waals surface area contributed by atoms with Crippen molar-refractivity contribution in [1.82, 2.24) is 15.4 Å². The fourth-order valence-electron chi connectivity index (χ4n) is 2.49. The van der Waals surface area contributed by atoms with Crippen LogP contribution in [-0.2, 0) is 23.1 Å². The van der Waals surface area contributed by atoms with E-state index in [0.29, 0.717) is 19.0 Å². The largest absolute Gasteiger partial charge is 0.352 e. The molecule has 0 unspecified atom stereocenters. The van der Waals surface area contributed by atoms with Gasteiger partial charge in [-0.05, 0) is 55.1 Å². The maximum absolute atomic E-state index is 11.8. The van der Waals surface area contributed by atoms with E-state index in [-0.39, 0.29) is 4.90 Å². The van der Waals surface area contributed by atoms with E-state index in [9.17, 15) is 8.42 Å². The Hall–Kier alpha value is -2.03. The second kappa shape index (κ2) is 9.77. The standard InChI is InChI=1S/C19H26N4O2S2/c1-14-5-8-16(18(11-14)26-4)13-23-19(20-2)22-12-15-6-9-17(10-7-15)27(24,25)21-3/h5-11,21H,12-13H2,1-4H3,(H2,20,22,23). The zero-order valence-electron chi connectivity index (χ0n) is 16.0. The van der Waals surface area contributed by atoms with Gasteiger partial charge in [0.05, 0.1) is 4.90 Å². The number of benzene rings is 2. The van der Waals surface area contributed by atoms with Crippen LogP contribution in [-0.4, -0.2) is 34.7 Å². The zero-order chi connectivity index (χ0) is 19.9. The molecule has 146 valence electrons. The van der Waals surface area contributed by atoms with Crippen LogP contribution in [0.1, 0.15) is 16.7 Å².